The fourth-order valence-electron chi connectivity index (χ4n) is 14.0. The first-order valence-corrected chi connectivity index (χ1v) is 49.3. The van der Waals surface area contributed by atoms with Crippen molar-refractivity contribution in [3.63, 3.8) is 0 Å². The highest BCUT2D eigenvalue weighted by Crippen LogP contribution is 2.79. The molecule has 0 radical (unpaired) electrons. The zero-order chi connectivity index (χ0) is 41.1. The van der Waals surface area contributed by atoms with Gasteiger partial charge in [-0.2, -0.15) is 0 Å². The molecule has 1 fully saturated rings. The molecule has 3 nitrogen and oxygen atoms in total. The maximum absolute atomic E-state index is 8.61. The predicted octanol–water partition coefficient (Wildman–Crippen LogP) is 13.0. The molecule has 3 rings (SSSR count). The van der Waals surface area contributed by atoms with E-state index in [1.54, 1.807) is 5.57 Å². The second-order valence-corrected chi connectivity index (χ2v) is 87.8. The normalized spacial score (nSPS) is 29.4. The molecule has 5 atom stereocenters. The van der Waals surface area contributed by atoms with Gasteiger partial charge in [-0.3, -0.25) is 0 Å². The third-order valence-corrected chi connectivity index (χ3v) is 95.7. The van der Waals surface area contributed by atoms with E-state index in [4.69, 9.17) is 13.6 Å². The Labute approximate surface area is 331 Å². The monoisotopic (exact) mass is 850 g/mol. The highest BCUT2D eigenvalue weighted by molar-refractivity contribution is 7.76. The number of hydrogen-bond acceptors (Lipinski definition) is 3. The summed E-state index contributed by atoms with van der Waals surface area (Å²) < 4.78 is 24.4. The van der Waals surface area contributed by atoms with Crippen LogP contribution in [0.3, 0.4) is 0 Å². The lowest BCUT2D eigenvalue weighted by molar-refractivity contribution is -0.0418. The lowest BCUT2D eigenvalue weighted by Gasteiger charge is -2.84. The first-order chi connectivity index (χ1) is 22.7. The van der Waals surface area contributed by atoms with Crippen molar-refractivity contribution in [2.24, 2.45) is 10.8 Å². The van der Waals surface area contributed by atoms with Crippen LogP contribution in [0.15, 0.2) is 41.1 Å². The van der Waals surface area contributed by atoms with Crippen LogP contribution in [-0.2, 0) is 13.6 Å². The molecule has 52 heavy (non-hydrogen) atoms. The Hall–Kier alpha value is 0.575. The third kappa shape index (κ3) is 6.47. The van der Waals surface area contributed by atoms with Crippen LogP contribution in [0.25, 0.3) is 0 Å². The van der Waals surface area contributed by atoms with Gasteiger partial charge < -0.3 is 13.6 Å². The zero-order valence-electron chi connectivity index (χ0n) is 39.3. The molecule has 2 heterocycles. The van der Waals surface area contributed by atoms with Gasteiger partial charge in [-0.15, -0.1) is 0 Å². The minimum absolute atomic E-state index is 0.0377. The van der Waals surface area contributed by atoms with Crippen molar-refractivity contribution in [1.82, 2.24) is 0 Å². The minimum atomic E-state index is -2.75. The number of benzene rings is 1. The van der Waals surface area contributed by atoms with Crippen molar-refractivity contribution < 1.29 is 13.6 Å². The molecule has 300 valence electrons. The molecule has 0 saturated carbocycles. The van der Waals surface area contributed by atoms with Crippen molar-refractivity contribution in [1.29, 1.82) is 0 Å². The Kier molecular flexibility index (Phi) is 12.3. The summed E-state index contributed by atoms with van der Waals surface area (Å²) in [4.78, 5) is 0. The van der Waals surface area contributed by atoms with E-state index in [0.717, 1.165) is 0 Å². The quantitative estimate of drug-likeness (QED) is 0.220. The van der Waals surface area contributed by atoms with Gasteiger partial charge in [-0.1, -0.05) is 156 Å². The largest absolute Gasteiger partial charge is 0.414 e. The smallest absolute Gasteiger partial charge is 0.184 e. The van der Waals surface area contributed by atoms with Gasteiger partial charge in [0.1, 0.15) is 7.11 Å². The van der Waals surface area contributed by atoms with E-state index >= 15 is 0 Å². The topological polar surface area (TPSA) is 27.7 Å². The van der Waals surface area contributed by atoms with Crippen molar-refractivity contribution in [3.8, 4) is 0 Å². The van der Waals surface area contributed by atoms with Gasteiger partial charge in [0.25, 0.3) is 0 Å². The van der Waals surface area contributed by atoms with Crippen LogP contribution >= 0.6 is 0 Å². The fraction of sp³-hybridized carbons (Fsp3) is 0.805. The summed E-state index contributed by atoms with van der Waals surface area (Å²) in [5.74, 6) is 0.0909. The van der Waals surface area contributed by atoms with Crippen LogP contribution in [0.5, 0.6) is 0 Å². The summed E-state index contributed by atoms with van der Waals surface area (Å²) in [6.45, 7) is 66.9. The second kappa shape index (κ2) is 13.6. The molecule has 0 unspecified atom stereocenters. The van der Waals surface area contributed by atoms with E-state index in [-0.39, 0.29) is 28.1 Å². The standard InChI is InChI=1S/C41H86O3Si8/c1-32-35(42-8)34(33-30-28-27-29-31-33)40(38(2,3)4,43-45(9,10)11)52(49(21,22)23,50(24,25)26)37-36(32)51(47(15,16)17,48(18,19)20)41(37,39(5,6)7)44-46(12,13)14/h27-31,34-35,37H,1-26H3/t34-,35+,37+,40+,41-/m1/s1. The number of fused-ring (bicyclic) bond motifs is 1. The van der Waals surface area contributed by atoms with E-state index in [1.807, 2.05) is 12.3 Å². The average Bonchev–Trinajstić information content (AvgIpc) is 2.92. The van der Waals surface area contributed by atoms with E-state index in [9.17, 15) is 0 Å². The van der Waals surface area contributed by atoms with Crippen molar-refractivity contribution in [2.75, 3.05) is 7.11 Å². The molecule has 2 aliphatic rings. The van der Waals surface area contributed by atoms with Gasteiger partial charge >= 0.3 is 0 Å². The number of methoxy groups -OCH3 is 1. The molecular weight excluding hydrogens is 765 g/mol. The summed E-state index contributed by atoms with van der Waals surface area (Å²) in [7, 11) is -15.6. The van der Waals surface area contributed by atoms with Gasteiger partial charge in [-0.05, 0) is 73.7 Å². The van der Waals surface area contributed by atoms with Gasteiger partial charge in [0.05, 0.1) is 23.7 Å². The van der Waals surface area contributed by atoms with Crippen molar-refractivity contribution >= 4 is 61.2 Å². The van der Waals surface area contributed by atoms with Crippen molar-refractivity contribution in [3.05, 3.63) is 46.7 Å². The number of hydrogen-bond donors (Lipinski definition) is 0. The van der Waals surface area contributed by atoms with E-state index in [0.29, 0.717) is 5.54 Å². The lowest BCUT2D eigenvalue weighted by Crippen LogP contribution is -3.02. The first-order valence-electron chi connectivity index (χ1n) is 20.4. The molecule has 1 saturated heterocycles. The van der Waals surface area contributed by atoms with Crippen LogP contribution in [0.4, 0.5) is 0 Å². The zero-order valence-corrected chi connectivity index (χ0v) is 47.3. The molecule has 0 amide bonds. The van der Waals surface area contributed by atoms with E-state index in [2.05, 4.69) is 197 Å². The molecule has 0 spiro atoms. The fourth-order valence-corrected chi connectivity index (χ4v) is 136. The minimum Gasteiger partial charge on any atom is -0.414 e. The number of rotatable bonds is 10. The predicted molar refractivity (Wildman–Crippen MR) is 255 cm³/mol. The van der Waals surface area contributed by atoms with E-state index in [1.165, 1.54) is 5.56 Å². The molecule has 1 aromatic rings. The molecule has 2 aliphatic heterocycles. The summed E-state index contributed by atoms with van der Waals surface area (Å²) in [5, 5.41) is 1.40. The van der Waals surface area contributed by atoms with Crippen LogP contribution in [0, 0.1) is 10.8 Å². The molecule has 11 heteroatoms. The summed E-state index contributed by atoms with van der Waals surface area (Å²) in [6.07, 6.45) is -0.0537. The van der Waals surface area contributed by atoms with Gasteiger partial charge in [0, 0.05) is 43.4 Å². The molecule has 0 N–H and O–H groups in total. The van der Waals surface area contributed by atoms with Gasteiger partial charge in [0.2, 0.25) is 0 Å². The Balaban J connectivity index is 3.15. The highest BCUT2D eigenvalue weighted by atomic mass is 29.7. The third-order valence-electron chi connectivity index (χ3n) is 13.5. The Bertz CT molecular complexity index is 1460. The molecular formula is C41H86O3Si8. The molecule has 1 aromatic carbocycles. The summed E-state index contributed by atoms with van der Waals surface area (Å²) >= 11 is 0. The second-order valence-electron chi connectivity index (χ2n) is 25.0. The molecule has 0 aromatic heterocycles. The van der Waals surface area contributed by atoms with Crippen LogP contribution in [0.1, 0.15) is 59.9 Å². The lowest BCUT2D eigenvalue weighted by atomic mass is 9.73. The first kappa shape index (κ1) is 47.0. The van der Waals surface area contributed by atoms with Crippen LogP contribution in [0.2, 0.25) is 123 Å². The molecule has 0 bridgehead atoms. The number of ether oxygens (including phenoxy) is 1. The Morgan fingerprint density at radius 3 is 1.21 bits per heavy atom. The van der Waals surface area contributed by atoms with Gasteiger partial charge in [-0.25, -0.2) is 0 Å². The maximum Gasteiger partial charge on any atom is 0.184 e. The van der Waals surface area contributed by atoms with E-state index < -0.39 is 66.4 Å². The van der Waals surface area contributed by atoms with Crippen molar-refractivity contribution in [2.45, 2.75) is 194 Å². The molecule has 0 aliphatic carbocycles. The summed E-state index contributed by atoms with van der Waals surface area (Å²) in [6, 6.07) is 11.7. The van der Waals surface area contributed by atoms with Crippen LogP contribution < -0.4 is 0 Å². The average molecular weight is 852 g/mol. The Morgan fingerprint density at radius 2 is 0.923 bits per heavy atom. The summed E-state index contributed by atoms with van der Waals surface area (Å²) in [5.41, 5.74) is 3.23. The maximum atomic E-state index is 8.61. The Morgan fingerprint density at radius 1 is 0.558 bits per heavy atom. The van der Waals surface area contributed by atoms with Crippen LogP contribution in [-0.4, -0.2) is 84.9 Å². The SMILES string of the molecule is CO[C@H]1C(C)=C2[C@@H]([C@](O[Si](C)(C)C)(C(C)(C)C)[Si]2([Si](C)(C)C)[Si](C)(C)C)[Si]([Si](C)(C)C)([Si](C)(C)C)[C@](O[Si](C)(C)C)(C(C)(C)C)[C@@H]1c1ccccc1. The van der Waals surface area contributed by atoms with Gasteiger partial charge in [0.15, 0.2) is 16.6 Å². The highest BCUT2D eigenvalue weighted by Gasteiger charge is 2.92.